The first kappa shape index (κ1) is 24.3. The van der Waals surface area contributed by atoms with E-state index < -0.39 is 6.10 Å². The SMILES string of the molecule is CCC(Oc1ccc2c(c1)C(c1ccc(F)cc1)N(C(C)=O)CC2)C(=O)Nc1ccc(OC)cc1. The Balaban J connectivity index is 1.58. The average Bonchev–Trinajstić information content (AvgIpc) is 2.87. The van der Waals surface area contributed by atoms with Crippen molar-refractivity contribution in [2.75, 3.05) is 19.0 Å². The van der Waals surface area contributed by atoms with Gasteiger partial charge in [0.1, 0.15) is 17.3 Å². The fourth-order valence-corrected chi connectivity index (χ4v) is 4.39. The quantitative estimate of drug-likeness (QED) is 0.514. The topological polar surface area (TPSA) is 67.9 Å². The summed E-state index contributed by atoms with van der Waals surface area (Å²) in [4.78, 5) is 27.1. The molecule has 1 heterocycles. The molecule has 2 amide bonds. The molecule has 0 bridgehead atoms. The zero-order valence-electron chi connectivity index (χ0n) is 20.1. The van der Waals surface area contributed by atoms with Crippen molar-refractivity contribution in [2.24, 2.45) is 0 Å². The number of ether oxygens (including phenoxy) is 2. The van der Waals surface area contributed by atoms with E-state index in [1.165, 1.54) is 12.1 Å². The molecule has 0 saturated heterocycles. The molecule has 3 aromatic carbocycles. The maximum absolute atomic E-state index is 13.6. The fraction of sp³-hybridized carbons (Fsp3) is 0.286. The molecule has 4 rings (SSSR count). The minimum atomic E-state index is -0.702. The van der Waals surface area contributed by atoms with Crippen molar-refractivity contribution in [1.29, 1.82) is 0 Å². The molecule has 3 aromatic rings. The number of hydrogen-bond donors (Lipinski definition) is 1. The fourth-order valence-electron chi connectivity index (χ4n) is 4.39. The lowest BCUT2D eigenvalue weighted by atomic mass is 9.88. The first-order valence-electron chi connectivity index (χ1n) is 11.7. The summed E-state index contributed by atoms with van der Waals surface area (Å²) in [6, 6.07) is 18.7. The number of anilines is 1. The molecule has 0 aliphatic carbocycles. The number of methoxy groups -OCH3 is 1. The van der Waals surface area contributed by atoms with Crippen LogP contribution >= 0.6 is 0 Å². The highest BCUT2D eigenvalue weighted by Gasteiger charge is 2.31. The standard InChI is InChI=1S/C28H29FN2O4/c1-4-26(28(33)30-22-10-13-23(34-3)14-11-22)35-24-12-7-19-15-16-31(18(2)32)27(25(19)17-24)20-5-8-21(29)9-6-20/h5-14,17,26-27H,4,15-16H2,1-3H3,(H,30,33). The van der Waals surface area contributed by atoms with Crippen LogP contribution in [0.15, 0.2) is 66.7 Å². The van der Waals surface area contributed by atoms with E-state index in [4.69, 9.17) is 9.47 Å². The van der Waals surface area contributed by atoms with Crippen molar-refractivity contribution in [3.8, 4) is 11.5 Å². The van der Waals surface area contributed by atoms with Crippen LogP contribution in [0.2, 0.25) is 0 Å². The summed E-state index contributed by atoms with van der Waals surface area (Å²) < 4.78 is 24.8. The summed E-state index contributed by atoms with van der Waals surface area (Å²) in [5.41, 5.74) is 3.49. The molecular formula is C28H29FN2O4. The van der Waals surface area contributed by atoms with Crippen LogP contribution in [0.5, 0.6) is 11.5 Å². The van der Waals surface area contributed by atoms with Gasteiger partial charge in [-0.3, -0.25) is 9.59 Å². The van der Waals surface area contributed by atoms with Crippen LogP contribution in [0.4, 0.5) is 10.1 Å². The Labute approximate surface area is 204 Å². The van der Waals surface area contributed by atoms with Crippen LogP contribution in [-0.4, -0.2) is 36.5 Å². The van der Waals surface area contributed by atoms with E-state index >= 15 is 0 Å². The van der Waals surface area contributed by atoms with Crippen LogP contribution in [-0.2, 0) is 16.0 Å². The molecule has 35 heavy (non-hydrogen) atoms. The molecule has 0 aromatic heterocycles. The molecule has 182 valence electrons. The number of fused-ring (bicyclic) bond motifs is 1. The van der Waals surface area contributed by atoms with Gasteiger partial charge in [-0.1, -0.05) is 25.1 Å². The molecule has 2 unspecified atom stereocenters. The van der Waals surface area contributed by atoms with Crippen LogP contribution in [0.25, 0.3) is 0 Å². The number of benzene rings is 3. The van der Waals surface area contributed by atoms with E-state index in [2.05, 4.69) is 5.32 Å². The van der Waals surface area contributed by atoms with Gasteiger partial charge in [-0.2, -0.15) is 0 Å². The van der Waals surface area contributed by atoms with Crippen molar-refractivity contribution >= 4 is 17.5 Å². The predicted molar refractivity (Wildman–Crippen MR) is 132 cm³/mol. The Hall–Kier alpha value is -3.87. The predicted octanol–water partition coefficient (Wildman–Crippen LogP) is 5.12. The highest BCUT2D eigenvalue weighted by molar-refractivity contribution is 5.94. The van der Waals surface area contributed by atoms with E-state index in [9.17, 15) is 14.0 Å². The van der Waals surface area contributed by atoms with Gasteiger partial charge < -0.3 is 19.7 Å². The molecule has 7 heteroatoms. The molecule has 6 nitrogen and oxygen atoms in total. The number of nitrogens with one attached hydrogen (secondary N) is 1. The summed E-state index contributed by atoms with van der Waals surface area (Å²) in [6.07, 6.45) is 0.481. The lowest BCUT2D eigenvalue weighted by Gasteiger charge is -2.37. The number of halogens is 1. The smallest absolute Gasteiger partial charge is 0.265 e. The lowest BCUT2D eigenvalue weighted by molar-refractivity contribution is -0.130. The minimum absolute atomic E-state index is 0.0541. The molecule has 0 saturated carbocycles. The van der Waals surface area contributed by atoms with Gasteiger partial charge in [0.25, 0.3) is 5.91 Å². The Morgan fingerprint density at radius 3 is 2.37 bits per heavy atom. The van der Waals surface area contributed by atoms with Crippen molar-refractivity contribution in [2.45, 2.75) is 38.8 Å². The van der Waals surface area contributed by atoms with Gasteiger partial charge in [0.2, 0.25) is 5.91 Å². The van der Waals surface area contributed by atoms with Gasteiger partial charge in [0, 0.05) is 19.2 Å². The maximum atomic E-state index is 13.6. The number of nitrogens with zero attached hydrogens (tertiary/aromatic N) is 1. The number of carbonyl (C=O) groups excluding carboxylic acids is 2. The second-order valence-electron chi connectivity index (χ2n) is 8.51. The van der Waals surface area contributed by atoms with Crippen LogP contribution in [0.1, 0.15) is 43.0 Å². The lowest BCUT2D eigenvalue weighted by Crippen LogP contribution is -2.39. The van der Waals surface area contributed by atoms with E-state index in [0.29, 0.717) is 36.6 Å². The van der Waals surface area contributed by atoms with Gasteiger partial charge in [-0.15, -0.1) is 0 Å². The zero-order chi connectivity index (χ0) is 24.9. The number of hydrogen-bond acceptors (Lipinski definition) is 4. The minimum Gasteiger partial charge on any atom is -0.497 e. The molecule has 1 aliphatic rings. The summed E-state index contributed by atoms with van der Waals surface area (Å²) >= 11 is 0. The van der Waals surface area contributed by atoms with E-state index in [1.807, 2.05) is 25.1 Å². The first-order valence-corrected chi connectivity index (χ1v) is 11.7. The van der Waals surface area contributed by atoms with Gasteiger partial charge in [0.15, 0.2) is 6.10 Å². The van der Waals surface area contributed by atoms with Gasteiger partial charge in [-0.25, -0.2) is 4.39 Å². The van der Waals surface area contributed by atoms with Crippen molar-refractivity contribution in [1.82, 2.24) is 4.90 Å². The molecule has 1 N–H and O–H groups in total. The van der Waals surface area contributed by atoms with Gasteiger partial charge in [-0.05, 0) is 78.1 Å². The third kappa shape index (κ3) is 5.45. The summed E-state index contributed by atoms with van der Waals surface area (Å²) in [6.45, 7) is 4.00. The molecule has 0 radical (unpaired) electrons. The molecule has 0 spiro atoms. The molecule has 1 aliphatic heterocycles. The highest BCUT2D eigenvalue weighted by atomic mass is 19.1. The molecule has 2 atom stereocenters. The number of amides is 2. The zero-order valence-corrected chi connectivity index (χ0v) is 20.1. The molecule has 0 fully saturated rings. The van der Waals surface area contributed by atoms with Gasteiger partial charge >= 0.3 is 0 Å². The number of rotatable bonds is 7. The normalized spacial score (nSPS) is 15.7. The Bertz CT molecular complexity index is 1190. The van der Waals surface area contributed by atoms with Crippen LogP contribution in [0.3, 0.4) is 0 Å². The summed E-state index contributed by atoms with van der Waals surface area (Å²) in [5, 5.41) is 2.88. The monoisotopic (exact) mass is 476 g/mol. The van der Waals surface area contributed by atoms with Crippen molar-refractivity contribution in [3.63, 3.8) is 0 Å². The van der Waals surface area contributed by atoms with Crippen molar-refractivity contribution in [3.05, 3.63) is 89.2 Å². The number of carbonyl (C=O) groups is 2. The largest absolute Gasteiger partial charge is 0.497 e. The summed E-state index contributed by atoms with van der Waals surface area (Å²) in [5.74, 6) is 0.607. The Morgan fingerprint density at radius 2 is 1.74 bits per heavy atom. The van der Waals surface area contributed by atoms with Crippen molar-refractivity contribution < 1.29 is 23.5 Å². The first-order chi connectivity index (χ1) is 16.9. The second-order valence-corrected chi connectivity index (χ2v) is 8.51. The van der Waals surface area contributed by atoms with E-state index in [-0.39, 0.29) is 23.7 Å². The summed E-state index contributed by atoms with van der Waals surface area (Å²) in [7, 11) is 1.59. The third-order valence-corrected chi connectivity index (χ3v) is 6.23. The van der Waals surface area contributed by atoms with Gasteiger partial charge in [0.05, 0.1) is 13.2 Å². The van der Waals surface area contributed by atoms with E-state index in [1.54, 1.807) is 55.3 Å². The Morgan fingerprint density at radius 1 is 1.06 bits per heavy atom. The molecular weight excluding hydrogens is 447 g/mol. The Kier molecular flexibility index (Phi) is 7.34. The maximum Gasteiger partial charge on any atom is 0.265 e. The van der Waals surface area contributed by atoms with Crippen LogP contribution in [0, 0.1) is 5.82 Å². The third-order valence-electron chi connectivity index (χ3n) is 6.23. The highest BCUT2D eigenvalue weighted by Crippen LogP contribution is 2.37. The van der Waals surface area contributed by atoms with E-state index in [0.717, 1.165) is 16.7 Å². The van der Waals surface area contributed by atoms with Crippen LogP contribution < -0.4 is 14.8 Å². The second kappa shape index (κ2) is 10.6. The average molecular weight is 477 g/mol.